The van der Waals surface area contributed by atoms with Crippen molar-refractivity contribution in [2.24, 2.45) is 11.1 Å². The van der Waals surface area contributed by atoms with E-state index in [9.17, 15) is 9.18 Å². The van der Waals surface area contributed by atoms with E-state index >= 15 is 0 Å². The third-order valence-corrected chi connectivity index (χ3v) is 3.72. The molecule has 1 amide bonds. The summed E-state index contributed by atoms with van der Waals surface area (Å²) in [4.78, 5) is 12.0. The van der Waals surface area contributed by atoms with Crippen molar-refractivity contribution in [3.05, 3.63) is 34.1 Å². The summed E-state index contributed by atoms with van der Waals surface area (Å²) in [7, 11) is 0. The lowest BCUT2D eigenvalue weighted by Gasteiger charge is -2.25. The number of nitrogens with one attached hydrogen (secondary N) is 1. The SMILES string of the molecule is CCC(C)(CN)C(=O)NCc1cc(Br)ccc1F. The van der Waals surface area contributed by atoms with Crippen molar-refractivity contribution in [2.45, 2.75) is 26.8 Å². The van der Waals surface area contributed by atoms with E-state index in [1.54, 1.807) is 19.1 Å². The molecule has 0 aliphatic heterocycles. The number of rotatable bonds is 5. The summed E-state index contributed by atoms with van der Waals surface area (Å²) in [5.41, 5.74) is 5.46. The van der Waals surface area contributed by atoms with E-state index in [0.29, 0.717) is 12.0 Å². The molecule has 0 aliphatic carbocycles. The van der Waals surface area contributed by atoms with Gasteiger partial charge < -0.3 is 11.1 Å². The molecule has 0 saturated heterocycles. The minimum absolute atomic E-state index is 0.146. The molecule has 1 atom stereocenters. The predicted molar refractivity (Wildman–Crippen MR) is 73.4 cm³/mol. The summed E-state index contributed by atoms with van der Waals surface area (Å²) < 4.78 is 14.3. The molecule has 0 spiro atoms. The molecule has 0 bridgehead atoms. The van der Waals surface area contributed by atoms with Crippen molar-refractivity contribution < 1.29 is 9.18 Å². The topological polar surface area (TPSA) is 55.1 Å². The number of carbonyl (C=O) groups excluding carboxylic acids is 1. The molecule has 1 aromatic carbocycles. The highest BCUT2D eigenvalue weighted by molar-refractivity contribution is 9.10. The quantitative estimate of drug-likeness (QED) is 0.877. The van der Waals surface area contributed by atoms with Crippen LogP contribution >= 0.6 is 15.9 Å². The van der Waals surface area contributed by atoms with Crippen molar-refractivity contribution in [3.8, 4) is 0 Å². The second-order valence-electron chi connectivity index (χ2n) is 4.54. The standard InChI is InChI=1S/C13H18BrFN2O/c1-3-13(2,8-16)12(18)17-7-9-6-10(14)4-5-11(9)15/h4-6H,3,7-8,16H2,1-2H3,(H,17,18). The molecule has 0 radical (unpaired) electrons. The van der Waals surface area contributed by atoms with E-state index < -0.39 is 5.41 Å². The van der Waals surface area contributed by atoms with E-state index in [1.807, 2.05) is 6.92 Å². The molecule has 5 heteroatoms. The minimum Gasteiger partial charge on any atom is -0.351 e. The van der Waals surface area contributed by atoms with Crippen LogP contribution in [-0.4, -0.2) is 12.5 Å². The molecule has 3 N–H and O–H groups in total. The average Bonchev–Trinajstić information content (AvgIpc) is 2.38. The van der Waals surface area contributed by atoms with Crippen molar-refractivity contribution in [2.75, 3.05) is 6.54 Å². The predicted octanol–water partition coefficient (Wildman–Crippen LogP) is 2.58. The van der Waals surface area contributed by atoms with Gasteiger partial charge in [-0.15, -0.1) is 0 Å². The second kappa shape index (κ2) is 6.29. The van der Waals surface area contributed by atoms with Gasteiger partial charge in [-0.25, -0.2) is 4.39 Å². The first-order valence-corrected chi connectivity index (χ1v) is 6.64. The molecule has 18 heavy (non-hydrogen) atoms. The highest BCUT2D eigenvalue weighted by Gasteiger charge is 2.29. The lowest BCUT2D eigenvalue weighted by atomic mass is 9.86. The number of benzene rings is 1. The zero-order valence-corrected chi connectivity index (χ0v) is 12.2. The maximum Gasteiger partial charge on any atom is 0.227 e. The van der Waals surface area contributed by atoms with Crippen molar-refractivity contribution in [1.82, 2.24) is 5.32 Å². The minimum atomic E-state index is -0.595. The average molecular weight is 317 g/mol. The Kier molecular flexibility index (Phi) is 5.28. The highest BCUT2D eigenvalue weighted by atomic mass is 79.9. The number of hydrogen-bond acceptors (Lipinski definition) is 2. The molecular weight excluding hydrogens is 299 g/mol. The van der Waals surface area contributed by atoms with E-state index in [0.717, 1.165) is 4.47 Å². The van der Waals surface area contributed by atoms with Crippen LogP contribution in [0.2, 0.25) is 0 Å². The highest BCUT2D eigenvalue weighted by Crippen LogP contribution is 2.20. The van der Waals surface area contributed by atoms with E-state index in [2.05, 4.69) is 21.2 Å². The molecule has 1 unspecified atom stereocenters. The first kappa shape index (κ1) is 15.1. The van der Waals surface area contributed by atoms with Gasteiger partial charge in [0.25, 0.3) is 0 Å². The van der Waals surface area contributed by atoms with E-state index in [1.165, 1.54) is 6.07 Å². The van der Waals surface area contributed by atoms with Crippen LogP contribution in [-0.2, 0) is 11.3 Å². The smallest absolute Gasteiger partial charge is 0.227 e. The third-order valence-electron chi connectivity index (χ3n) is 3.23. The normalized spacial score (nSPS) is 14.1. The molecule has 0 saturated carbocycles. The van der Waals surface area contributed by atoms with E-state index in [4.69, 9.17) is 5.73 Å². The van der Waals surface area contributed by atoms with Gasteiger partial charge in [0, 0.05) is 23.1 Å². The van der Waals surface area contributed by atoms with Crippen LogP contribution in [0, 0.1) is 11.2 Å². The monoisotopic (exact) mass is 316 g/mol. The van der Waals surface area contributed by atoms with Gasteiger partial charge in [0.2, 0.25) is 5.91 Å². The van der Waals surface area contributed by atoms with Crippen LogP contribution in [0.25, 0.3) is 0 Å². The van der Waals surface area contributed by atoms with Gasteiger partial charge in [0.15, 0.2) is 0 Å². The molecule has 1 rings (SSSR count). The molecule has 0 fully saturated rings. The van der Waals surface area contributed by atoms with Crippen molar-refractivity contribution >= 4 is 21.8 Å². The first-order valence-electron chi connectivity index (χ1n) is 5.85. The van der Waals surface area contributed by atoms with Crippen molar-refractivity contribution in [1.29, 1.82) is 0 Å². The lowest BCUT2D eigenvalue weighted by molar-refractivity contribution is -0.130. The molecule has 100 valence electrons. The molecular formula is C13H18BrFN2O. The fourth-order valence-electron chi connectivity index (χ4n) is 1.47. The Balaban J connectivity index is 2.71. The fourth-order valence-corrected chi connectivity index (χ4v) is 1.87. The van der Waals surface area contributed by atoms with Crippen LogP contribution < -0.4 is 11.1 Å². The Labute approximate surface area is 115 Å². The van der Waals surface area contributed by atoms with Crippen LogP contribution in [0.3, 0.4) is 0 Å². The van der Waals surface area contributed by atoms with E-state index in [-0.39, 0.29) is 24.8 Å². The molecule has 0 heterocycles. The van der Waals surface area contributed by atoms with Gasteiger partial charge in [-0.2, -0.15) is 0 Å². The zero-order chi connectivity index (χ0) is 13.8. The third kappa shape index (κ3) is 3.53. The maximum absolute atomic E-state index is 13.5. The van der Waals surface area contributed by atoms with Gasteiger partial charge in [-0.1, -0.05) is 22.9 Å². The maximum atomic E-state index is 13.5. The summed E-state index contributed by atoms with van der Waals surface area (Å²) >= 11 is 3.27. The second-order valence-corrected chi connectivity index (χ2v) is 5.45. The van der Waals surface area contributed by atoms with Gasteiger partial charge >= 0.3 is 0 Å². The Morgan fingerprint density at radius 1 is 1.56 bits per heavy atom. The summed E-state index contributed by atoms with van der Waals surface area (Å²) in [5.74, 6) is -0.476. The summed E-state index contributed by atoms with van der Waals surface area (Å²) in [6, 6.07) is 4.64. The van der Waals surface area contributed by atoms with Crippen LogP contribution in [0.1, 0.15) is 25.8 Å². The van der Waals surface area contributed by atoms with Crippen LogP contribution in [0.4, 0.5) is 4.39 Å². The number of hydrogen-bond donors (Lipinski definition) is 2. The summed E-state index contributed by atoms with van der Waals surface area (Å²) in [5, 5.41) is 2.73. The number of nitrogens with two attached hydrogens (primary N) is 1. The number of carbonyl (C=O) groups is 1. The molecule has 0 aromatic heterocycles. The molecule has 3 nitrogen and oxygen atoms in total. The van der Waals surface area contributed by atoms with Gasteiger partial charge in [0.1, 0.15) is 5.82 Å². The Morgan fingerprint density at radius 2 is 2.22 bits per heavy atom. The van der Waals surface area contributed by atoms with Gasteiger partial charge in [-0.05, 0) is 31.5 Å². The summed E-state index contributed by atoms with van der Waals surface area (Å²) in [6.45, 7) is 4.15. The first-order chi connectivity index (χ1) is 8.42. The Bertz CT molecular complexity index is 433. The molecule has 0 aliphatic rings. The summed E-state index contributed by atoms with van der Waals surface area (Å²) in [6.07, 6.45) is 0.649. The van der Waals surface area contributed by atoms with Crippen LogP contribution in [0.5, 0.6) is 0 Å². The lowest BCUT2D eigenvalue weighted by Crippen LogP contribution is -2.43. The van der Waals surface area contributed by atoms with Gasteiger partial charge in [-0.3, -0.25) is 4.79 Å². The molecule has 1 aromatic rings. The number of halogens is 2. The van der Waals surface area contributed by atoms with Gasteiger partial charge in [0.05, 0.1) is 5.41 Å². The Hall–Kier alpha value is -0.940. The Morgan fingerprint density at radius 3 is 2.78 bits per heavy atom. The van der Waals surface area contributed by atoms with Crippen LogP contribution in [0.15, 0.2) is 22.7 Å². The number of amides is 1. The van der Waals surface area contributed by atoms with Crippen molar-refractivity contribution in [3.63, 3.8) is 0 Å². The zero-order valence-electron chi connectivity index (χ0n) is 10.6. The largest absolute Gasteiger partial charge is 0.351 e. The fraction of sp³-hybridized carbons (Fsp3) is 0.462.